The molecule has 1 aromatic carbocycles. The molecule has 182 valence electrons. The highest BCUT2D eigenvalue weighted by Crippen LogP contribution is 2.22. The maximum atomic E-state index is 12.5. The van der Waals surface area contributed by atoms with Gasteiger partial charge in [-0.05, 0) is 48.7 Å². The lowest BCUT2D eigenvalue weighted by atomic mass is 10.0. The van der Waals surface area contributed by atoms with Gasteiger partial charge < -0.3 is 14.6 Å². The zero-order chi connectivity index (χ0) is 24.6. The van der Waals surface area contributed by atoms with Crippen molar-refractivity contribution < 1.29 is 24.2 Å². The molecule has 1 atom stereocenters. The van der Waals surface area contributed by atoms with E-state index >= 15 is 0 Å². The summed E-state index contributed by atoms with van der Waals surface area (Å²) < 4.78 is 5.03. The highest BCUT2D eigenvalue weighted by Gasteiger charge is 2.27. The van der Waals surface area contributed by atoms with Crippen molar-refractivity contribution in [1.29, 1.82) is 0 Å². The predicted octanol–water partition coefficient (Wildman–Crippen LogP) is 4.36. The normalized spacial score (nSPS) is 15.0. The average molecular weight is 511 g/mol. The Bertz CT molecular complexity index is 1210. The van der Waals surface area contributed by atoms with Gasteiger partial charge in [0, 0.05) is 42.2 Å². The third-order valence-electron chi connectivity index (χ3n) is 5.56. The molecule has 2 N–H and O–H groups in total. The summed E-state index contributed by atoms with van der Waals surface area (Å²) in [4.78, 5) is 24.9. The number of aromatic carboxylic acids is 1. The standard InChI is InChI=1S/C26H26N2O5S2/c29-22(17-21-3-1-2-19(16-21)4-5-20-10-14-33-18-20)8-11-27-13-15-34-26(32)28(27)12-9-23-6-7-24(35-23)25(30)31/h1-3,6-7,10,14,16,18,22,29H,8-9,11-13,15,17H2,(H,30,31). The Balaban J connectivity index is 1.30. The van der Waals surface area contributed by atoms with Gasteiger partial charge in [-0.15, -0.1) is 11.3 Å². The molecule has 1 aliphatic rings. The fourth-order valence-electron chi connectivity index (χ4n) is 3.79. The predicted molar refractivity (Wildman–Crippen MR) is 137 cm³/mol. The van der Waals surface area contributed by atoms with Crippen molar-refractivity contribution >= 4 is 34.3 Å². The quantitative estimate of drug-likeness (QED) is 0.413. The summed E-state index contributed by atoms with van der Waals surface area (Å²) in [6, 6.07) is 13.0. The number of hydrogen-bond acceptors (Lipinski definition) is 7. The van der Waals surface area contributed by atoms with Crippen LogP contribution in [0.5, 0.6) is 0 Å². The number of thiophene rings is 1. The monoisotopic (exact) mass is 510 g/mol. The number of thioether (sulfide) groups is 1. The lowest BCUT2D eigenvalue weighted by Crippen LogP contribution is -2.51. The molecule has 0 spiro atoms. The van der Waals surface area contributed by atoms with Gasteiger partial charge in [-0.1, -0.05) is 35.7 Å². The lowest BCUT2D eigenvalue weighted by molar-refractivity contribution is 0.0148. The Morgan fingerprint density at radius 3 is 2.77 bits per heavy atom. The second kappa shape index (κ2) is 12.1. The van der Waals surface area contributed by atoms with Crippen LogP contribution in [-0.2, 0) is 12.8 Å². The molecule has 0 bridgehead atoms. The summed E-state index contributed by atoms with van der Waals surface area (Å²) >= 11 is 2.53. The number of benzene rings is 1. The van der Waals surface area contributed by atoms with E-state index in [9.17, 15) is 14.7 Å². The second-order valence-corrected chi connectivity index (χ2v) is 10.3. The number of hydrazine groups is 1. The third-order valence-corrected chi connectivity index (χ3v) is 7.54. The third kappa shape index (κ3) is 7.23. The van der Waals surface area contributed by atoms with Crippen molar-refractivity contribution in [1.82, 2.24) is 10.0 Å². The van der Waals surface area contributed by atoms with Gasteiger partial charge >= 0.3 is 5.97 Å². The molecular weight excluding hydrogens is 484 g/mol. The van der Waals surface area contributed by atoms with Crippen LogP contribution in [0.15, 0.2) is 59.4 Å². The van der Waals surface area contributed by atoms with E-state index in [0.717, 1.165) is 28.1 Å². The SMILES string of the molecule is O=C(O)c1ccc(CCN2C(=O)SCCN2CCC(O)Cc2cccc(C#Cc3ccoc3)c2)s1. The minimum absolute atomic E-state index is 0.00958. The van der Waals surface area contributed by atoms with Gasteiger partial charge in [0.1, 0.15) is 11.1 Å². The summed E-state index contributed by atoms with van der Waals surface area (Å²) in [5, 5.41) is 23.5. The highest BCUT2D eigenvalue weighted by atomic mass is 32.2. The molecule has 1 fully saturated rings. The topological polar surface area (TPSA) is 94.2 Å². The van der Waals surface area contributed by atoms with E-state index in [1.165, 1.54) is 23.1 Å². The first kappa shape index (κ1) is 25.1. The molecule has 1 aliphatic heterocycles. The van der Waals surface area contributed by atoms with Crippen molar-refractivity contribution in [3.05, 3.63) is 81.4 Å². The summed E-state index contributed by atoms with van der Waals surface area (Å²) in [6.07, 6.45) is 4.27. The maximum absolute atomic E-state index is 12.5. The molecule has 0 aliphatic carbocycles. The van der Waals surface area contributed by atoms with Crippen LogP contribution in [0, 0.1) is 11.8 Å². The number of carbonyl (C=O) groups excluding carboxylic acids is 1. The molecule has 35 heavy (non-hydrogen) atoms. The fraction of sp³-hybridized carbons (Fsp3) is 0.308. The molecule has 1 saturated heterocycles. The van der Waals surface area contributed by atoms with Crippen LogP contribution in [0.1, 0.15) is 37.7 Å². The van der Waals surface area contributed by atoms with Crippen LogP contribution in [0.25, 0.3) is 0 Å². The van der Waals surface area contributed by atoms with E-state index in [1.807, 2.05) is 35.3 Å². The minimum Gasteiger partial charge on any atom is -0.477 e. The first-order valence-corrected chi connectivity index (χ1v) is 13.1. The molecule has 9 heteroatoms. The number of hydrogen-bond donors (Lipinski definition) is 2. The van der Waals surface area contributed by atoms with Crippen molar-refractivity contribution in [2.24, 2.45) is 0 Å². The molecule has 7 nitrogen and oxygen atoms in total. The molecule has 1 amide bonds. The number of carboxylic acids is 1. The zero-order valence-electron chi connectivity index (χ0n) is 19.1. The number of rotatable bonds is 9. The Morgan fingerprint density at radius 1 is 1.14 bits per heavy atom. The highest BCUT2D eigenvalue weighted by molar-refractivity contribution is 8.13. The first-order chi connectivity index (χ1) is 17.0. The van der Waals surface area contributed by atoms with Crippen LogP contribution in [-0.4, -0.2) is 62.9 Å². The fourth-order valence-corrected chi connectivity index (χ4v) is 5.45. The van der Waals surface area contributed by atoms with Gasteiger partial charge in [-0.2, -0.15) is 0 Å². The summed E-state index contributed by atoms with van der Waals surface area (Å²) in [5.41, 5.74) is 2.70. The average Bonchev–Trinajstić information content (AvgIpc) is 3.53. The van der Waals surface area contributed by atoms with Gasteiger partial charge in [0.05, 0.1) is 17.9 Å². The number of nitrogens with zero attached hydrogens (tertiary/aromatic N) is 2. The Kier molecular flexibility index (Phi) is 8.66. The number of furan rings is 1. The Hall–Kier alpha value is -3.03. The van der Waals surface area contributed by atoms with Gasteiger partial charge in [0.25, 0.3) is 5.24 Å². The van der Waals surface area contributed by atoms with E-state index in [2.05, 4.69) is 11.8 Å². The van der Waals surface area contributed by atoms with Gasteiger partial charge in [-0.3, -0.25) is 9.80 Å². The molecule has 0 saturated carbocycles. The van der Waals surface area contributed by atoms with Crippen LogP contribution < -0.4 is 0 Å². The molecule has 1 unspecified atom stereocenters. The van der Waals surface area contributed by atoms with E-state index in [4.69, 9.17) is 9.52 Å². The van der Waals surface area contributed by atoms with E-state index < -0.39 is 12.1 Å². The van der Waals surface area contributed by atoms with Gasteiger partial charge in [0.15, 0.2) is 0 Å². The van der Waals surface area contributed by atoms with Crippen molar-refractivity contribution in [3.63, 3.8) is 0 Å². The van der Waals surface area contributed by atoms with Crippen molar-refractivity contribution in [3.8, 4) is 11.8 Å². The first-order valence-electron chi connectivity index (χ1n) is 11.3. The van der Waals surface area contributed by atoms with E-state index in [-0.39, 0.29) is 5.24 Å². The summed E-state index contributed by atoms with van der Waals surface area (Å²) in [5.74, 6) is 5.94. The molecule has 3 aromatic rings. The molecular formula is C26H26N2O5S2. The molecule has 4 rings (SSSR count). The van der Waals surface area contributed by atoms with Crippen molar-refractivity contribution in [2.45, 2.75) is 25.4 Å². The zero-order valence-corrected chi connectivity index (χ0v) is 20.7. The minimum atomic E-state index is -0.933. The number of amides is 1. The van der Waals surface area contributed by atoms with Crippen LogP contribution in [0.3, 0.4) is 0 Å². The van der Waals surface area contributed by atoms with Crippen LogP contribution >= 0.6 is 23.1 Å². The molecule has 2 aromatic heterocycles. The smallest absolute Gasteiger partial charge is 0.345 e. The van der Waals surface area contributed by atoms with Gasteiger partial charge in [0.2, 0.25) is 0 Å². The van der Waals surface area contributed by atoms with E-state index in [1.54, 1.807) is 29.7 Å². The maximum Gasteiger partial charge on any atom is 0.345 e. The van der Waals surface area contributed by atoms with E-state index in [0.29, 0.717) is 43.0 Å². The van der Waals surface area contributed by atoms with Crippen LogP contribution in [0.2, 0.25) is 0 Å². The number of aliphatic hydroxyl groups excluding tert-OH is 1. The summed E-state index contributed by atoms with van der Waals surface area (Å²) in [6.45, 7) is 1.78. The summed E-state index contributed by atoms with van der Waals surface area (Å²) in [7, 11) is 0. The largest absolute Gasteiger partial charge is 0.477 e. The van der Waals surface area contributed by atoms with Gasteiger partial charge in [-0.25, -0.2) is 9.80 Å². The lowest BCUT2D eigenvalue weighted by Gasteiger charge is -2.38. The number of carbonyl (C=O) groups is 2. The molecule has 3 heterocycles. The van der Waals surface area contributed by atoms with Crippen molar-refractivity contribution in [2.75, 3.05) is 25.4 Å². The number of carboxylic acid groups (broad SMARTS) is 1. The van der Waals surface area contributed by atoms with Crippen LogP contribution in [0.4, 0.5) is 4.79 Å². The second-order valence-electron chi connectivity index (χ2n) is 8.12. The molecule has 0 radical (unpaired) electrons. The number of aliphatic hydroxyl groups is 1. The Morgan fingerprint density at radius 2 is 2.00 bits per heavy atom. The Labute approximate surface area is 212 Å².